The average molecular weight is 230 g/mol. The summed E-state index contributed by atoms with van der Waals surface area (Å²) >= 11 is 0. The Morgan fingerprint density at radius 3 is 2.76 bits per heavy atom. The van der Waals surface area contributed by atoms with E-state index in [9.17, 15) is 0 Å². The smallest absolute Gasteiger partial charge is 0.212 e. The Labute approximate surface area is 102 Å². The summed E-state index contributed by atoms with van der Waals surface area (Å²) in [5.74, 6) is 0.766. The fraction of sp³-hybridized carbons (Fsp3) is 0.385. The van der Waals surface area contributed by atoms with Gasteiger partial charge in [-0.1, -0.05) is 29.8 Å². The van der Waals surface area contributed by atoms with Crippen LogP contribution in [0.4, 0.5) is 0 Å². The standard InChI is InChI=1S/C13H18N4/c1-10-4-6-12(7-5-10)11(2)16-17-13-14-8-3-9-15-13/h4-7H,3,8-9H2,1-2H3,(H2,14,15,17)/b16-11-. The van der Waals surface area contributed by atoms with Crippen LogP contribution < -0.4 is 10.7 Å². The first-order valence-electron chi connectivity index (χ1n) is 5.91. The molecule has 1 aliphatic rings. The van der Waals surface area contributed by atoms with Crippen molar-refractivity contribution in [2.45, 2.75) is 20.3 Å². The highest BCUT2D eigenvalue weighted by molar-refractivity contribution is 5.99. The first kappa shape index (κ1) is 11.6. The molecule has 0 aliphatic carbocycles. The number of rotatable bonds is 2. The van der Waals surface area contributed by atoms with Crippen molar-refractivity contribution >= 4 is 11.7 Å². The number of guanidine groups is 1. The molecule has 0 saturated carbocycles. The van der Waals surface area contributed by atoms with E-state index in [1.165, 1.54) is 5.56 Å². The van der Waals surface area contributed by atoms with Crippen molar-refractivity contribution in [3.05, 3.63) is 35.4 Å². The van der Waals surface area contributed by atoms with Crippen molar-refractivity contribution in [3.63, 3.8) is 0 Å². The second-order valence-electron chi connectivity index (χ2n) is 4.19. The fourth-order valence-corrected chi connectivity index (χ4v) is 1.60. The van der Waals surface area contributed by atoms with Crippen LogP contribution in [-0.2, 0) is 0 Å². The molecular weight excluding hydrogens is 212 g/mol. The molecular formula is C13H18N4. The van der Waals surface area contributed by atoms with Gasteiger partial charge in [0.05, 0.1) is 5.71 Å². The highest BCUT2D eigenvalue weighted by Crippen LogP contribution is 2.04. The summed E-state index contributed by atoms with van der Waals surface area (Å²) in [5, 5.41) is 7.49. The number of nitrogens with one attached hydrogen (secondary N) is 2. The van der Waals surface area contributed by atoms with Crippen molar-refractivity contribution < 1.29 is 0 Å². The van der Waals surface area contributed by atoms with Gasteiger partial charge in [-0.05, 0) is 25.8 Å². The maximum atomic E-state index is 4.32. The van der Waals surface area contributed by atoms with Crippen molar-refractivity contribution in [2.24, 2.45) is 10.1 Å². The van der Waals surface area contributed by atoms with E-state index >= 15 is 0 Å². The van der Waals surface area contributed by atoms with E-state index in [-0.39, 0.29) is 0 Å². The van der Waals surface area contributed by atoms with E-state index in [1.54, 1.807) is 0 Å². The van der Waals surface area contributed by atoms with Crippen molar-refractivity contribution in [1.29, 1.82) is 0 Å². The summed E-state index contributed by atoms with van der Waals surface area (Å²) in [6.07, 6.45) is 1.09. The summed E-state index contributed by atoms with van der Waals surface area (Å²) in [4.78, 5) is 4.30. The molecule has 4 heteroatoms. The van der Waals surface area contributed by atoms with E-state index in [2.05, 4.69) is 52.0 Å². The predicted octanol–water partition coefficient (Wildman–Crippen LogP) is 1.66. The number of hydrazone groups is 1. The van der Waals surface area contributed by atoms with E-state index in [4.69, 9.17) is 0 Å². The minimum absolute atomic E-state index is 0.766. The minimum Gasteiger partial charge on any atom is -0.355 e. The number of aryl methyl sites for hydroxylation is 1. The molecule has 0 unspecified atom stereocenters. The Kier molecular flexibility index (Phi) is 3.75. The highest BCUT2D eigenvalue weighted by atomic mass is 15.4. The number of hydrogen-bond acceptors (Lipinski definition) is 4. The molecule has 2 N–H and O–H groups in total. The maximum absolute atomic E-state index is 4.32. The fourth-order valence-electron chi connectivity index (χ4n) is 1.60. The molecule has 0 bridgehead atoms. The van der Waals surface area contributed by atoms with Crippen molar-refractivity contribution in [3.8, 4) is 0 Å². The SMILES string of the molecule is C/C(=N/NC1=NCCCN1)c1ccc(C)cc1. The van der Waals surface area contributed by atoms with Crippen LogP contribution in [0.25, 0.3) is 0 Å². The third-order valence-electron chi connectivity index (χ3n) is 2.70. The van der Waals surface area contributed by atoms with Gasteiger partial charge in [-0.2, -0.15) is 5.10 Å². The van der Waals surface area contributed by atoms with Gasteiger partial charge in [-0.15, -0.1) is 0 Å². The first-order chi connectivity index (χ1) is 8.25. The van der Waals surface area contributed by atoms with Gasteiger partial charge in [0.25, 0.3) is 0 Å². The molecule has 0 atom stereocenters. The van der Waals surface area contributed by atoms with Crippen molar-refractivity contribution in [1.82, 2.24) is 10.7 Å². The van der Waals surface area contributed by atoms with Crippen LogP contribution in [0.15, 0.2) is 34.4 Å². The Balaban J connectivity index is 2.01. The van der Waals surface area contributed by atoms with Gasteiger partial charge < -0.3 is 5.32 Å². The summed E-state index contributed by atoms with van der Waals surface area (Å²) in [6, 6.07) is 8.33. The maximum Gasteiger partial charge on any atom is 0.212 e. The zero-order valence-electron chi connectivity index (χ0n) is 10.3. The molecule has 0 saturated heterocycles. The Morgan fingerprint density at radius 1 is 1.35 bits per heavy atom. The molecule has 17 heavy (non-hydrogen) atoms. The van der Waals surface area contributed by atoms with Gasteiger partial charge in [0.1, 0.15) is 0 Å². The normalized spacial score (nSPS) is 16.1. The second-order valence-corrected chi connectivity index (χ2v) is 4.19. The van der Waals surface area contributed by atoms with Gasteiger partial charge in [0.2, 0.25) is 5.96 Å². The van der Waals surface area contributed by atoms with Gasteiger partial charge in [0.15, 0.2) is 0 Å². The molecule has 1 aromatic rings. The number of nitrogens with zero attached hydrogens (tertiary/aromatic N) is 2. The largest absolute Gasteiger partial charge is 0.355 e. The molecule has 1 aromatic carbocycles. The molecule has 0 radical (unpaired) electrons. The molecule has 0 spiro atoms. The highest BCUT2D eigenvalue weighted by Gasteiger charge is 2.02. The van der Waals surface area contributed by atoms with Crippen LogP contribution >= 0.6 is 0 Å². The van der Waals surface area contributed by atoms with Crippen molar-refractivity contribution in [2.75, 3.05) is 13.1 Å². The van der Waals surface area contributed by atoms with E-state index in [0.29, 0.717) is 0 Å². The van der Waals surface area contributed by atoms with Gasteiger partial charge >= 0.3 is 0 Å². The van der Waals surface area contributed by atoms with Crippen LogP contribution in [0.1, 0.15) is 24.5 Å². The monoisotopic (exact) mass is 230 g/mol. The minimum atomic E-state index is 0.766. The summed E-state index contributed by atoms with van der Waals surface area (Å²) in [5.41, 5.74) is 6.30. The van der Waals surface area contributed by atoms with Gasteiger partial charge in [-0.3, -0.25) is 4.99 Å². The Bertz CT molecular complexity index is 431. The lowest BCUT2D eigenvalue weighted by atomic mass is 10.1. The predicted molar refractivity (Wildman–Crippen MR) is 71.4 cm³/mol. The first-order valence-corrected chi connectivity index (χ1v) is 5.91. The molecule has 4 nitrogen and oxygen atoms in total. The number of hydrogen-bond donors (Lipinski definition) is 2. The molecule has 90 valence electrons. The van der Waals surface area contributed by atoms with Crippen LogP contribution in [0.3, 0.4) is 0 Å². The zero-order valence-corrected chi connectivity index (χ0v) is 10.3. The van der Waals surface area contributed by atoms with Crippen LogP contribution in [0.2, 0.25) is 0 Å². The van der Waals surface area contributed by atoms with Crippen LogP contribution in [0, 0.1) is 6.92 Å². The Morgan fingerprint density at radius 2 is 2.12 bits per heavy atom. The lowest BCUT2D eigenvalue weighted by Crippen LogP contribution is -2.38. The molecule has 2 rings (SSSR count). The summed E-state index contributed by atoms with van der Waals surface area (Å²) < 4.78 is 0. The molecule has 0 aromatic heterocycles. The van der Waals surface area contributed by atoms with Crippen LogP contribution in [-0.4, -0.2) is 24.8 Å². The molecule has 0 amide bonds. The summed E-state index contributed by atoms with van der Waals surface area (Å²) in [6.45, 7) is 5.90. The number of aliphatic imine (C=N–C) groups is 1. The lowest BCUT2D eigenvalue weighted by Gasteiger charge is -2.13. The van der Waals surface area contributed by atoms with Gasteiger partial charge in [-0.25, -0.2) is 5.43 Å². The van der Waals surface area contributed by atoms with E-state index in [0.717, 1.165) is 36.7 Å². The average Bonchev–Trinajstić information content (AvgIpc) is 2.38. The topological polar surface area (TPSA) is 48.8 Å². The Hall–Kier alpha value is -1.84. The van der Waals surface area contributed by atoms with Crippen LogP contribution in [0.5, 0.6) is 0 Å². The quantitative estimate of drug-likeness (QED) is 0.599. The molecule has 0 fully saturated rings. The third kappa shape index (κ3) is 3.31. The van der Waals surface area contributed by atoms with Gasteiger partial charge in [0, 0.05) is 13.1 Å². The van der Waals surface area contributed by atoms with E-state index < -0.39 is 0 Å². The summed E-state index contributed by atoms with van der Waals surface area (Å²) in [7, 11) is 0. The molecule has 1 heterocycles. The lowest BCUT2D eigenvalue weighted by molar-refractivity contribution is 0.711. The molecule has 1 aliphatic heterocycles. The van der Waals surface area contributed by atoms with E-state index in [1.807, 2.05) is 6.92 Å². The third-order valence-corrected chi connectivity index (χ3v) is 2.70. The zero-order chi connectivity index (χ0) is 12.1. The second kappa shape index (κ2) is 5.48. The number of benzene rings is 1.